The molecular weight excluding hydrogens is 797 g/mol. The van der Waals surface area contributed by atoms with Crippen molar-refractivity contribution in [1.29, 1.82) is 0 Å². The van der Waals surface area contributed by atoms with Gasteiger partial charge in [0.25, 0.3) is 0 Å². The van der Waals surface area contributed by atoms with Crippen molar-refractivity contribution in [1.82, 2.24) is 9.80 Å². The van der Waals surface area contributed by atoms with Crippen LogP contribution in [0.15, 0.2) is 0 Å². The minimum atomic E-state index is -1.69. The van der Waals surface area contributed by atoms with Gasteiger partial charge in [0.15, 0.2) is 8.32 Å². The van der Waals surface area contributed by atoms with E-state index in [1.807, 2.05) is 0 Å². The van der Waals surface area contributed by atoms with Gasteiger partial charge in [-0.1, -0.05) is 177 Å². The first-order chi connectivity index (χ1) is 30.2. The van der Waals surface area contributed by atoms with Crippen LogP contribution in [0.1, 0.15) is 248 Å². The second kappa shape index (κ2) is 33.5. The first-order valence-electron chi connectivity index (χ1n) is 27.7. The number of likely N-dealkylation sites (tertiary alicyclic amines) is 2. The molecule has 1 spiro atoms. The lowest BCUT2D eigenvalue weighted by molar-refractivity contribution is -0.156. The summed E-state index contributed by atoms with van der Waals surface area (Å²) in [5.41, 5.74) is 0.386. The van der Waals surface area contributed by atoms with E-state index in [1.54, 1.807) is 0 Å². The van der Waals surface area contributed by atoms with Crippen LogP contribution < -0.4 is 0 Å². The van der Waals surface area contributed by atoms with E-state index in [1.165, 1.54) is 148 Å². The van der Waals surface area contributed by atoms with Gasteiger partial charge in [-0.15, -0.1) is 0 Å². The van der Waals surface area contributed by atoms with Crippen molar-refractivity contribution < 1.29 is 23.5 Å². The largest absolute Gasteiger partial charge is 0.464 e. The lowest BCUT2D eigenvalue weighted by atomic mass is 9.71. The summed E-state index contributed by atoms with van der Waals surface area (Å²) in [6, 6.07) is 0.501. The van der Waals surface area contributed by atoms with Gasteiger partial charge >= 0.3 is 11.9 Å². The minimum Gasteiger partial charge on any atom is -0.464 e. The van der Waals surface area contributed by atoms with E-state index in [9.17, 15) is 9.59 Å². The quantitative estimate of drug-likeness (QED) is 0.0349. The zero-order valence-electron chi connectivity index (χ0n) is 43.9. The molecular formula is C55H108N2O5Si. The molecule has 0 bridgehead atoms. The number of piperidine rings is 2. The lowest BCUT2D eigenvalue weighted by Gasteiger charge is -2.49. The van der Waals surface area contributed by atoms with Crippen molar-refractivity contribution in [2.75, 3.05) is 46.0 Å². The van der Waals surface area contributed by atoms with Gasteiger partial charge in [0.2, 0.25) is 0 Å². The Labute approximate surface area is 393 Å². The van der Waals surface area contributed by atoms with Gasteiger partial charge in [0, 0.05) is 12.6 Å². The Kier molecular flexibility index (Phi) is 30.9. The van der Waals surface area contributed by atoms with Crippen molar-refractivity contribution in [3.8, 4) is 0 Å². The van der Waals surface area contributed by atoms with Gasteiger partial charge in [-0.3, -0.25) is 14.5 Å². The SMILES string of the molecule is CCCCCCCCC(CCCCCC)C(=O)OCC(COC(=O)C(CCCCCC)CCCCCCCC)N1CCC2(CCN(C(C)CCCO[Si](C)(C)C(C)(C)C)CC2)CC1. The summed E-state index contributed by atoms with van der Waals surface area (Å²) in [4.78, 5) is 33.1. The zero-order valence-corrected chi connectivity index (χ0v) is 44.9. The second-order valence-corrected chi connectivity index (χ2v) is 27.1. The maximum Gasteiger partial charge on any atom is 0.308 e. The van der Waals surface area contributed by atoms with Crippen LogP contribution in [0.4, 0.5) is 0 Å². The van der Waals surface area contributed by atoms with Crippen LogP contribution in [0.3, 0.4) is 0 Å². The number of hydrogen-bond donors (Lipinski definition) is 0. The van der Waals surface area contributed by atoms with Gasteiger partial charge < -0.3 is 18.8 Å². The van der Waals surface area contributed by atoms with Crippen LogP contribution in [0.2, 0.25) is 18.1 Å². The fourth-order valence-corrected chi connectivity index (χ4v) is 11.1. The summed E-state index contributed by atoms with van der Waals surface area (Å²) < 4.78 is 19.2. The van der Waals surface area contributed by atoms with Gasteiger partial charge in [-0.05, 0) is 121 Å². The van der Waals surface area contributed by atoms with E-state index < -0.39 is 8.32 Å². The molecule has 0 N–H and O–H groups in total. The molecule has 2 fully saturated rings. The second-order valence-electron chi connectivity index (χ2n) is 22.3. The summed E-state index contributed by atoms with van der Waals surface area (Å²) in [5.74, 6) is -0.0875. The molecule has 0 radical (unpaired) electrons. The van der Waals surface area contributed by atoms with Gasteiger partial charge in [-0.25, -0.2) is 0 Å². The normalized spacial score (nSPS) is 18.3. The highest BCUT2D eigenvalue weighted by Gasteiger charge is 2.41. The predicted molar refractivity (Wildman–Crippen MR) is 272 cm³/mol. The molecule has 372 valence electrons. The molecule has 63 heavy (non-hydrogen) atoms. The average molecular weight is 906 g/mol. The Morgan fingerprint density at radius 1 is 0.524 bits per heavy atom. The van der Waals surface area contributed by atoms with Crippen molar-refractivity contribution in [2.24, 2.45) is 17.3 Å². The molecule has 2 aliphatic heterocycles. The molecule has 2 heterocycles. The monoisotopic (exact) mass is 905 g/mol. The highest BCUT2D eigenvalue weighted by Crippen LogP contribution is 2.42. The Balaban J connectivity index is 2.08. The summed E-state index contributed by atoms with van der Waals surface area (Å²) in [6.07, 6.45) is 35.2. The molecule has 0 saturated carbocycles. The number of nitrogens with zero attached hydrogens (tertiary/aromatic N) is 2. The predicted octanol–water partition coefficient (Wildman–Crippen LogP) is 15.5. The van der Waals surface area contributed by atoms with E-state index in [0.717, 1.165) is 77.5 Å². The zero-order chi connectivity index (χ0) is 46.4. The van der Waals surface area contributed by atoms with Gasteiger partial charge in [0.05, 0.1) is 17.9 Å². The fraction of sp³-hybridized carbons (Fsp3) is 0.964. The van der Waals surface area contributed by atoms with Gasteiger partial charge in [-0.2, -0.15) is 0 Å². The molecule has 0 amide bonds. The van der Waals surface area contributed by atoms with Crippen molar-refractivity contribution in [3.63, 3.8) is 0 Å². The van der Waals surface area contributed by atoms with E-state index in [0.29, 0.717) is 24.7 Å². The maximum absolute atomic E-state index is 13.9. The van der Waals surface area contributed by atoms with Crippen molar-refractivity contribution >= 4 is 20.3 Å². The topological polar surface area (TPSA) is 68.3 Å². The van der Waals surface area contributed by atoms with E-state index >= 15 is 0 Å². The standard InChI is InChI=1S/C55H108N2O5Si/c1-11-15-19-23-25-29-35-49(33-27-21-17-13-3)52(58)60-46-51(47-61-53(59)50(34-28-22-18-14-4)36-30-26-24-20-16-12-2)57-43-39-55(40-44-57)37-41-56(42-38-55)48(5)32-31-45-62-63(9,10)54(6,7)8/h48-51H,11-47H2,1-10H3. The smallest absolute Gasteiger partial charge is 0.308 e. The average Bonchev–Trinajstić information content (AvgIpc) is 3.26. The number of rotatable bonds is 37. The van der Waals surface area contributed by atoms with E-state index in [4.69, 9.17) is 13.9 Å². The van der Waals surface area contributed by atoms with Crippen LogP contribution >= 0.6 is 0 Å². The molecule has 3 unspecified atom stereocenters. The number of unbranched alkanes of at least 4 members (excludes halogenated alkanes) is 16. The Hall–Kier alpha value is -0.963. The van der Waals surface area contributed by atoms with Crippen molar-refractivity contribution in [2.45, 2.75) is 278 Å². The number of hydrogen-bond acceptors (Lipinski definition) is 7. The number of carbonyl (C=O) groups is 2. The summed E-state index contributed by atoms with van der Waals surface area (Å²) in [5, 5.41) is 0.261. The summed E-state index contributed by atoms with van der Waals surface area (Å²) in [6.45, 7) is 29.0. The molecule has 0 aromatic rings. The molecule has 0 aromatic heterocycles. The number of esters is 2. The summed E-state index contributed by atoms with van der Waals surface area (Å²) >= 11 is 0. The van der Waals surface area contributed by atoms with Gasteiger partial charge in [0.1, 0.15) is 13.2 Å². The van der Waals surface area contributed by atoms with Crippen LogP contribution in [-0.2, 0) is 23.5 Å². The number of carbonyl (C=O) groups excluding carboxylic acids is 2. The molecule has 3 atom stereocenters. The van der Waals surface area contributed by atoms with E-state index in [2.05, 4.69) is 78.3 Å². The third kappa shape index (κ3) is 24.1. The lowest BCUT2D eigenvalue weighted by Crippen LogP contribution is -2.52. The van der Waals surface area contributed by atoms with E-state index in [-0.39, 0.29) is 34.9 Å². The third-order valence-electron chi connectivity index (χ3n) is 16.0. The Morgan fingerprint density at radius 2 is 0.873 bits per heavy atom. The van der Waals surface area contributed by atoms with Crippen LogP contribution in [-0.4, -0.2) is 88.1 Å². The Bertz CT molecular complexity index is 1090. The fourth-order valence-electron chi connectivity index (χ4n) is 10.00. The van der Waals surface area contributed by atoms with Crippen LogP contribution in [0.5, 0.6) is 0 Å². The minimum absolute atomic E-state index is 0.0187. The first-order valence-corrected chi connectivity index (χ1v) is 30.6. The highest BCUT2D eigenvalue weighted by atomic mass is 28.4. The molecule has 0 aromatic carbocycles. The first kappa shape index (κ1) is 58.2. The summed E-state index contributed by atoms with van der Waals surface area (Å²) in [7, 11) is -1.69. The molecule has 8 heteroatoms. The molecule has 2 saturated heterocycles. The highest BCUT2D eigenvalue weighted by molar-refractivity contribution is 6.74. The molecule has 7 nitrogen and oxygen atoms in total. The van der Waals surface area contributed by atoms with Crippen molar-refractivity contribution in [3.05, 3.63) is 0 Å². The molecule has 2 rings (SSSR count). The maximum atomic E-state index is 13.9. The molecule has 0 aliphatic carbocycles. The van der Waals surface area contributed by atoms with Crippen LogP contribution in [0, 0.1) is 17.3 Å². The third-order valence-corrected chi connectivity index (χ3v) is 20.6. The number of ether oxygens (including phenoxy) is 2. The van der Waals surface area contributed by atoms with Crippen LogP contribution in [0.25, 0.3) is 0 Å². The molecule has 2 aliphatic rings. The Morgan fingerprint density at radius 3 is 1.25 bits per heavy atom.